The lowest BCUT2D eigenvalue weighted by molar-refractivity contribution is 0.898. The van der Waals surface area contributed by atoms with Crippen molar-refractivity contribution in [2.45, 2.75) is 26.2 Å². The number of aromatic nitrogens is 8. The second-order valence-electron chi connectivity index (χ2n) is 15.9. The summed E-state index contributed by atoms with van der Waals surface area (Å²) in [4.78, 5) is 46.9. The molecule has 0 spiro atoms. The normalized spacial score (nSPS) is 10.9. The topological polar surface area (TPSA) is 116 Å². The van der Waals surface area contributed by atoms with Crippen LogP contribution in [-0.2, 0) is 26.2 Å². The average Bonchev–Trinajstić information content (AvgIpc) is 3.42. The third-order valence-electron chi connectivity index (χ3n) is 11.2. The van der Waals surface area contributed by atoms with Crippen LogP contribution in [0.5, 0.6) is 0 Å². The minimum atomic E-state index is 0.495. The summed E-state index contributed by atoms with van der Waals surface area (Å²) in [6.45, 7) is 1.98. The van der Waals surface area contributed by atoms with E-state index < -0.39 is 0 Å². The van der Waals surface area contributed by atoms with E-state index in [4.69, 9.17) is 39.9 Å². The van der Waals surface area contributed by atoms with Gasteiger partial charge in [-0.2, -0.15) is 0 Å². The van der Waals surface area contributed by atoms with E-state index in [1.165, 1.54) is 0 Å². The predicted octanol–water partition coefficient (Wildman–Crippen LogP) is 11.9. The molecule has 12 nitrogen and oxygen atoms in total. The molecule has 68 heavy (non-hydrogen) atoms. The largest absolute Gasteiger partial charge is 0.307 e. The van der Waals surface area contributed by atoms with E-state index >= 15 is 0 Å². The van der Waals surface area contributed by atoms with Gasteiger partial charge < -0.3 is 19.6 Å². The molecule has 0 atom stereocenters. The van der Waals surface area contributed by atoms with Gasteiger partial charge in [-0.15, -0.1) is 0 Å². The number of hydrogen-bond donors (Lipinski definition) is 0. The van der Waals surface area contributed by atoms with E-state index in [9.17, 15) is 0 Å². The molecule has 0 aliphatic heterocycles. The Balaban J connectivity index is 1.14. The second-order valence-corrected chi connectivity index (χ2v) is 15.9. The van der Waals surface area contributed by atoms with Gasteiger partial charge in [0.05, 0.1) is 26.2 Å². The van der Waals surface area contributed by atoms with Gasteiger partial charge in [-0.25, -0.2) is 39.9 Å². The van der Waals surface area contributed by atoms with Gasteiger partial charge in [-0.3, -0.25) is 0 Å². The summed E-state index contributed by atoms with van der Waals surface area (Å²) in [5.74, 6) is 6.33. The number of rotatable bonds is 17. The van der Waals surface area contributed by atoms with Gasteiger partial charge in [0.15, 0.2) is 0 Å². The Morgan fingerprint density at radius 2 is 0.397 bits per heavy atom. The zero-order chi connectivity index (χ0) is 45.7. The number of pyridine rings is 8. The third-order valence-corrected chi connectivity index (χ3v) is 11.2. The van der Waals surface area contributed by atoms with Crippen LogP contribution < -0.4 is 19.6 Å². The first kappa shape index (κ1) is 42.8. The standard InChI is InChI=1S/C56H46N12/c1-9-25-57-49(17-1)65(50-18-2-10-26-58-50)39-43-33-44(40-66(51-19-3-11-27-59-51)52-20-4-12-28-60-52)36-47(35-43)48-37-45(41-67(53-21-5-13-29-61-53)54-22-6-14-30-62-54)34-46(38-48)42-68(55-23-7-15-31-63-55)56-24-8-16-32-64-56/h1-38H,39-42H2. The molecule has 330 valence electrons. The van der Waals surface area contributed by atoms with Crippen molar-refractivity contribution in [2.75, 3.05) is 19.6 Å². The fourth-order valence-electron chi connectivity index (χ4n) is 8.18. The molecule has 0 radical (unpaired) electrons. The summed E-state index contributed by atoms with van der Waals surface area (Å²) in [6.07, 6.45) is 14.5. The molecule has 0 aliphatic carbocycles. The highest BCUT2D eigenvalue weighted by Gasteiger charge is 2.20. The third kappa shape index (κ3) is 10.4. The summed E-state index contributed by atoms with van der Waals surface area (Å²) in [7, 11) is 0. The quantitative estimate of drug-likeness (QED) is 0.0866. The highest BCUT2D eigenvalue weighted by molar-refractivity contribution is 5.70. The molecule has 0 N–H and O–H groups in total. The van der Waals surface area contributed by atoms with E-state index in [0.29, 0.717) is 26.2 Å². The molecule has 8 aromatic heterocycles. The predicted molar refractivity (Wildman–Crippen MR) is 269 cm³/mol. The first-order valence-electron chi connectivity index (χ1n) is 22.3. The molecule has 2 aromatic carbocycles. The summed E-state index contributed by atoms with van der Waals surface area (Å²) in [5.41, 5.74) is 6.33. The first-order chi connectivity index (χ1) is 33.7. The smallest absolute Gasteiger partial charge is 0.134 e. The van der Waals surface area contributed by atoms with Gasteiger partial charge >= 0.3 is 0 Å². The van der Waals surface area contributed by atoms with Gasteiger partial charge in [0, 0.05) is 49.6 Å². The molecule has 0 fully saturated rings. The molecule has 0 aliphatic rings. The van der Waals surface area contributed by atoms with E-state index in [1.54, 1.807) is 0 Å². The van der Waals surface area contributed by atoms with Crippen LogP contribution in [0, 0.1) is 0 Å². The molecule has 0 unspecified atom stereocenters. The minimum Gasteiger partial charge on any atom is -0.307 e. The summed E-state index contributed by atoms with van der Waals surface area (Å²) < 4.78 is 0. The lowest BCUT2D eigenvalue weighted by atomic mass is 9.95. The van der Waals surface area contributed by atoms with E-state index in [2.05, 4.69) is 56.0 Å². The Kier molecular flexibility index (Phi) is 13.1. The molecular formula is C56H46N12. The van der Waals surface area contributed by atoms with Gasteiger partial charge in [-0.1, -0.05) is 60.7 Å². The Morgan fingerprint density at radius 1 is 0.221 bits per heavy atom. The number of nitrogens with zero attached hydrogens (tertiary/aromatic N) is 12. The molecule has 0 saturated carbocycles. The Bertz CT molecular complexity index is 2540. The van der Waals surface area contributed by atoms with Crippen molar-refractivity contribution < 1.29 is 0 Å². The SMILES string of the molecule is c1ccc(N(Cc2cc(CN(c3ccccn3)c3ccccn3)cc(-c3cc(CN(c4ccccn4)c4ccccn4)cc(CN(c4ccccn4)c4ccccn4)c3)c2)c2ccccn2)nc1. The van der Waals surface area contributed by atoms with Crippen LogP contribution in [-0.4, -0.2) is 39.9 Å². The van der Waals surface area contributed by atoms with Crippen molar-refractivity contribution in [3.05, 3.63) is 254 Å². The van der Waals surface area contributed by atoms with E-state index in [1.807, 2.05) is 195 Å². The van der Waals surface area contributed by atoms with Crippen molar-refractivity contribution in [2.24, 2.45) is 0 Å². The van der Waals surface area contributed by atoms with E-state index in [-0.39, 0.29) is 0 Å². The Labute approximate surface area is 395 Å². The lowest BCUT2D eigenvalue weighted by Gasteiger charge is -2.26. The average molecular weight is 887 g/mol. The zero-order valence-corrected chi connectivity index (χ0v) is 37.1. The van der Waals surface area contributed by atoms with Crippen LogP contribution in [0.4, 0.5) is 46.5 Å². The van der Waals surface area contributed by atoms with E-state index in [0.717, 1.165) is 79.9 Å². The second kappa shape index (κ2) is 20.8. The molecule has 10 rings (SSSR count). The molecule has 0 saturated heterocycles. The van der Waals surface area contributed by atoms with Crippen LogP contribution in [0.15, 0.2) is 232 Å². The maximum atomic E-state index is 4.79. The Morgan fingerprint density at radius 3 is 0.544 bits per heavy atom. The summed E-state index contributed by atoms with van der Waals surface area (Å²) >= 11 is 0. The highest BCUT2D eigenvalue weighted by Crippen LogP contribution is 2.34. The molecular weight excluding hydrogens is 841 g/mol. The van der Waals surface area contributed by atoms with Gasteiger partial charge in [0.25, 0.3) is 0 Å². The fourth-order valence-corrected chi connectivity index (χ4v) is 8.18. The maximum absolute atomic E-state index is 4.79. The lowest BCUT2D eigenvalue weighted by Crippen LogP contribution is -2.21. The van der Waals surface area contributed by atoms with Crippen molar-refractivity contribution in [1.29, 1.82) is 0 Å². The number of benzene rings is 2. The highest BCUT2D eigenvalue weighted by atomic mass is 15.3. The number of anilines is 8. The van der Waals surface area contributed by atoms with Gasteiger partial charge in [0.2, 0.25) is 0 Å². The zero-order valence-electron chi connectivity index (χ0n) is 37.1. The number of hydrogen-bond acceptors (Lipinski definition) is 12. The molecule has 8 heterocycles. The van der Waals surface area contributed by atoms with Crippen LogP contribution >= 0.6 is 0 Å². The molecule has 0 amide bonds. The Hall–Kier alpha value is -9.16. The van der Waals surface area contributed by atoms with Crippen molar-refractivity contribution in [3.63, 3.8) is 0 Å². The van der Waals surface area contributed by atoms with Gasteiger partial charge in [0.1, 0.15) is 46.5 Å². The van der Waals surface area contributed by atoms with Crippen LogP contribution in [0.1, 0.15) is 22.3 Å². The van der Waals surface area contributed by atoms with Crippen LogP contribution in [0.3, 0.4) is 0 Å². The van der Waals surface area contributed by atoms with Crippen molar-refractivity contribution in [3.8, 4) is 11.1 Å². The molecule has 12 heteroatoms. The summed E-state index contributed by atoms with van der Waals surface area (Å²) in [6, 6.07) is 61.2. The summed E-state index contributed by atoms with van der Waals surface area (Å²) in [5, 5.41) is 0. The monoisotopic (exact) mass is 886 g/mol. The van der Waals surface area contributed by atoms with Crippen LogP contribution in [0.25, 0.3) is 11.1 Å². The molecule has 0 bridgehead atoms. The first-order valence-corrected chi connectivity index (χ1v) is 22.3. The van der Waals surface area contributed by atoms with Crippen LogP contribution in [0.2, 0.25) is 0 Å². The van der Waals surface area contributed by atoms with Crippen molar-refractivity contribution >= 4 is 46.5 Å². The minimum absolute atomic E-state index is 0.495. The van der Waals surface area contributed by atoms with Gasteiger partial charge in [-0.05, 0) is 155 Å². The van der Waals surface area contributed by atoms with Crippen molar-refractivity contribution in [1.82, 2.24) is 39.9 Å². The maximum Gasteiger partial charge on any atom is 0.134 e. The molecule has 10 aromatic rings. The fraction of sp³-hybridized carbons (Fsp3) is 0.0714.